The molecule has 1 atom stereocenters. The van der Waals surface area contributed by atoms with E-state index in [1.807, 2.05) is 36.4 Å². The number of carbonyl (C=O) groups is 3. The van der Waals surface area contributed by atoms with Crippen LogP contribution >= 0.6 is 11.8 Å². The van der Waals surface area contributed by atoms with Gasteiger partial charge in [0.05, 0.1) is 11.1 Å². The van der Waals surface area contributed by atoms with Crippen LogP contribution in [0.5, 0.6) is 0 Å². The zero-order chi connectivity index (χ0) is 24.8. The number of carboxylic acids is 1. The number of aromatic carboxylic acids is 1. The summed E-state index contributed by atoms with van der Waals surface area (Å²) in [6, 6.07) is 23.9. The number of carbonyl (C=O) groups excluding carboxylic acids is 2. The van der Waals surface area contributed by atoms with E-state index in [0.717, 1.165) is 10.5 Å². The monoisotopic (exact) mass is 487 g/mol. The average molecular weight is 488 g/mol. The maximum Gasteiger partial charge on any atom is 0.336 e. The molecule has 1 unspecified atom stereocenters. The van der Waals surface area contributed by atoms with E-state index in [0.29, 0.717) is 17.3 Å². The number of aromatic nitrogens is 1. The number of rotatable bonds is 8. The summed E-state index contributed by atoms with van der Waals surface area (Å²) >= 11 is 1.31. The molecule has 0 saturated carbocycles. The number of nitrogens with one attached hydrogen (secondary N) is 2. The number of amides is 2. The quantitative estimate of drug-likeness (QED) is 0.284. The first-order valence-corrected chi connectivity index (χ1v) is 11.5. The van der Waals surface area contributed by atoms with Crippen LogP contribution in [0.15, 0.2) is 94.3 Å². The molecule has 0 aliphatic rings. The van der Waals surface area contributed by atoms with Crippen molar-refractivity contribution in [2.75, 3.05) is 10.6 Å². The molecular formula is C26H21N3O5S. The molecule has 1 aromatic heterocycles. The average Bonchev–Trinajstić information content (AvgIpc) is 3.27. The lowest BCUT2D eigenvalue weighted by molar-refractivity contribution is -0.115. The molecule has 2 amide bonds. The van der Waals surface area contributed by atoms with E-state index in [9.17, 15) is 19.5 Å². The van der Waals surface area contributed by atoms with Gasteiger partial charge in [-0.2, -0.15) is 0 Å². The Morgan fingerprint density at radius 3 is 2.29 bits per heavy atom. The Balaban J connectivity index is 1.55. The molecule has 3 aromatic carbocycles. The highest BCUT2D eigenvalue weighted by Gasteiger charge is 2.23. The Morgan fingerprint density at radius 2 is 1.60 bits per heavy atom. The van der Waals surface area contributed by atoms with Crippen LogP contribution in [-0.4, -0.2) is 28.0 Å². The van der Waals surface area contributed by atoms with Gasteiger partial charge in [0.1, 0.15) is 11.0 Å². The summed E-state index contributed by atoms with van der Waals surface area (Å²) in [5.74, 6) is -1.09. The van der Waals surface area contributed by atoms with Crippen LogP contribution in [0.1, 0.15) is 37.3 Å². The summed E-state index contributed by atoms with van der Waals surface area (Å²) in [5, 5.41) is 18.1. The Morgan fingerprint density at radius 1 is 0.886 bits per heavy atom. The lowest BCUT2D eigenvalue weighted by atomic mass is 10.1. The van der Waals surface area contributed by atoms with E-state index in [-0.39, 0.29) is 17.0 Å². The van der Waals surface area contributed by atoms with Gasteiger partial charge in [-0.05, 0) is 42.8 Å². The number of carboxylic acid groups (broad SMARTS) is 1. The highest BCUT2D eigenvalue weighted by atomic mass is 32.2. The van der Waals surface area contributed by atoms with Crippen LogP contribution in [0.4, 0.5) is 11.5 Å². The van der Waals surface area contributed by atoms with Gasteiger partial charge in [0.2, 0.25) is 5.91 Å². The van der Waals surface area contributed by atoms with Crippen molar-refractivity contribution < 1.29 is 24.0 Å². The predicted octanol–water partition coefficient (Wildman–Crippen LogP) is 5.41. The first-order valence-electron chi connectivity index (χ1n) is 10.6. The van der Waals surface area contributed by atoms with E-state index < -0.39 is 17.1 Å². The molecule has 9 heteroatoms. The van der Waals surface area contributed by atoms with Gasteiger partial charge < -0.3 is 20.3 Å². The molecule has 1 heterocycles. The fraction of sp³-hybridized carbons (Fsp3) is 0.0769. The summed E-state index contributed by atoms with van der Waals surface area (Å²) in [4.78, 5) is 38.1. The molecule has 0 spiro atoms. The second-order valence-electron chi connectivity index (χ2n) is 7.55. The van der Waals surface area contributed by atoms with Crippen LogP contribution in [0.25, 0.3) is 0 Å². The zero-order valence-corrected chi connectivity index (χ0v) is 19.4. The molecule has 4 aromatic rings. The van der Waals surface area contributed by atoms with Crippen molar-refractivity contribution in [2.24, 2.45) is 0 Å². The standard InChI is InChI=1S/C26H21N3O5S/c1-16-14-22(29-34-16)28-25(31)23(17-8-3-2-4-9-17)35-19-11-7-10-18(15-19)27-24(30)20-12-5-6-13-21(20)26(32)33/h2-15,23H,1H3,(H,27,30)(H,32,33)(H,28,29,31). The van der Waals surface area contributed by atoms with Gasteiger partial charge >= 0.3 is 5.97 Å². The van der Waals surface area contributed by atoms with Crippen molar-refractivity contribution in [3.63, 3.8) is 0 Å². The molecule has 4 rings (SSSR count). The molecule has 0 radical (unpaired) electrons. The smallest absolute Gasteiger partial charge is 0.336 e. The van der Waals surface area contributed by atoms with Gasteiger partial charge in [-0.1, -0.05) is 53.7 Å². The summed E-state index contributed by atoms with van der Waals surface area (Å²) in [6.07, 6.45) is 0. The van der Waals surface area contributed by atoms with E-state index in [2.05, 4.69) is 15.8 Å². The Kier molecular flexibility index (Phi) is 7.27. The maximum atomic E-state index is 13.1. The van der Waals surface area contributed by atoms with Crippen LogP contribution in [0, 0.1) is 6.92 Å². The fourth-order valence-corrected chi connectivity index (χ4v) is 4.45. The molecule has 35 heavy (non-hydrogen) atoms. The number of hydrogen-bond donors (Lipinski definition) is 3. The lowest BCUT2D eigenvalue weighted by Crippen LogP contribution is -2.19. The second-order valence-corrected chi connectivity index (χ2v) is 8.73. The van der Waals surface area contributed by atoms with Crippen molar-refractivity contribution in [1.82, 2.24) is 5.16 Å². The maximum absolute atomic E-state index is 13.1. The Hall–Kier alpha value is -4.37. The van der Waals surface area contributed by atoms with Gasteiger partial charge in [-0.25, -0.2) is 4.79 Å². The van der Waals surface area contributed by atoms with Gasteiger partial charge in [0.15, 0.2) is 5.82 Å². The van der Waals surface area contributed by atoms with E-state index in [1.165, 1.54) is 23.9 Å². The number of aryl methyl sites for hydroxylation is 1. The van der Waals surface area contributed by atoms with Crippen LogP contribution < -0.4 is 10.6 Å². The molecule has 0 aliphatic heterocycles. The summed E-state index contributed by atoms with van der Waals surface area (Å²) in [5.41, 5.74) is 1.24. The molecule has 0 aliphatic carbocycles. The topological polar surface area (TPSA) is 122 Å². The van der Waals surface area contributed by atoms with Gasteiger partial charge in [0, 0.05) is 16.6 Å². The van der Waals surface area contributed by atoms with E-state index in [1.54, 1.807) is 43.3 Å². The van der Waals surface area contributed by atoms with E-state index >= 15 is 0 Å². The molecule has 0 saturated heterocycles. The van der Waals surface area contributed by atoms with Crippen molar-refractivity contribution in [1.29, 1.82) is 0 Å². The molecule has 3 N–H and O–H groups in total. The minimum absolute atomic E-state index is 0.0579. The largest absolute Gasteiger partial charge is 0.478 e. The highest BCUT2D eigenvalue weighted by Crippen LogP contribution is 2.37. The van der Waals surface area contributed by atoms with Crippen molar-refractivity contribution in [3.8, 4) is 0 Å². The van der Waals surface area contributed by atoms with Crippen molar-refractivity contribution in [3.05, 3.63) is 107 Å². The van der Waals surface area contributed by atoms with E-state index in [4.69, 9.17) is 4.52 Å². The minimum atomic E-state index is -1.18. The van der Waals surface area contributed by atoms with Crippen LogP contribution in [0.2, 0.25) is 0 Å². The first-order chi connectivity index (χ1) is 16.9. The molecular weight excluding hydrogens is 466 g/mol. The van der Waals surface area contributed by atoms with Crippen molar-refractivity contribution in [2.45, 2.75) is 17.1 Å². The summed E-state index contributed by atoms with van der Waals surface area (Å²) in [7, 11) is 0. The second kappa shape index (κ2) is 10.7. The number of nitrogens with zero attached hydrogens (tertiary/aromatic N) is 1. The molecule has 0 bridgehead atoms. The van der Waals surface area contributed by atoms with Crippen LogP contribution in [-0.2, 0) is 4.79 Å². The Labute approximate surface area is 205 Å². The third kappa shape index (κ3) is 5.96. The SMILES string of the molecule is Cc1cc(NC(=O)C(Sc2cccc(NC(=O)c3ccccc3C(=O)O)c2)c2ccccc2)no1. The number of hydrogen-bond acceptors (Lipinski definition) is 6. The third-order valence-corrected chi connectivity index (χ3v) is 6.22. The summed E-state index contributed by atoms with van der Waals surface area (Å²) in [6.45, 7) is 1.74. The predicted molar refractivity (Wildman–Crippen MR) is 133 cm³/mol. The third-order valence-electron chi connectivity index (χ3n) is 4.97. The first kappa shape index (κ1) is 23.8. The Bertz CT molecular complexity index is 1370. The molecule has 0 fully saturated rings. The van der Waals surface area contributed by atoms with Gasteiger partial charge in [-0.3, -0.25) is 9.59 Å². The molecule has 8 nitrogen and oxygen atoms in total. The lowest BCUT2D eigenvalue weighted by Gasteiger charge is -2.17. The molecule has 176 valence electrons. The minimum Gasteiger partial charge on any atom is -0.478 e. The summed E-state index contributed by atoms with van der Waals surface area (Å²) < 4.78 is 5.03. The van der Waals surface area contributed by atoms with Crippen LogP contribution in [0.3, 0.4) is 0 Å². The highest BCUT2D eigenvalue weighted by molar-refractivity contribution is 8.00. The van der Waals surface area contributed by atoms with Crippen molar-refractivity contribution >= 4 is 41.1 Å². The zero-order valence-electron chi connectivity index (χ0n) is 18.6. The number of benzene rings is 3. The fourth-order valence-electron chi connectivity index (χ4n) is 3.37. The van der Waals surface area contributed by atoms with Gasteiger partial charge in [-0.15, -0.1) is 11.8 Å². The van der Waals surface area contributed by atoms with Gasteiger partial charge in [0.25, 0.3) is 5.91 Å². The number of anilines is 2. The normalized spacial score (nSPS) is 11.5. The number of thioether (sulfide) groups is 1.